The molecule has 0 unspecified atom stereocenters. The van der Waals surface area contributed by atoms with Gasteiger partial charge in [0.05, 0.1) is 17.5 Å². The number of aliphatic imine (C=N–C) groups is 1. The number of nitrogens with one attached hydrogen (secondary N) is 1. The van der Waals surface area contributed by atoms with E-state index in [1.807, 2.05) is 43.3 Å². The van der Waals surface area contributed by atoms with E-state index in [9.17, 15) is 0 Å². The topological polar surface area (TPSA) is 63.5 Å². The molecule has 1 aromatic carbocycles. The number of para-hydroxylation sites is 1. The second-order valence-electron chi connectivity index (χ2n) is 3.33. The molecule has 0 radical (unpaired) electrons. The minimum absolute atomic E-state index is 0.595. The Kier molecular flexibility index (Phi) is 3.03. The zero-order valence-electron chi connectivity index (χ0n) is 8.97. The lowest BCUT2D eigenvalue weighted by Crippen LogP contribution is -2.31. The molecule has 0 saturated carbocycles. The van der Waals surface area contributed by atoms with Gasteiger partial charge in [0.1, 0.15) is 5.76 Å². The van der Waals surface area contributed by atoms with Crippen molar-refractivity contribution >= 4 is 11.5 Å². The highest BCUT2D eigenvalue weighted by molar-refractivity contribution is 6.00. The maximum absolute atomic E-state index is 5.46. The van der Waals surface area contributed by atoms with Crippen LogP contribution in [0.2, 0.25) is 0 Å². The van der Waals surface area contributed by atoms with E-state index >= 15 is 0 Å². The number of nitrogens with two attached hydrogens (primary N) is 1. The molecule has 0 amide bonds. The van der Waals surface area contributed by atoms with Gasteiger partial charge in [-0.15, -0.1) is 0 Å². The van der Waals surface area contributed by atoms with Gasteiger partial charge in [-0.25, -0.2) is 10.8 Å². The summed E-state index contributed by atoms with van der Waals surface area (Å²) in [5.41, 5.74) is 4.29. The smallest absolute Gasteiger partial charge is 0.151 e. The normalized spacial score (nSPS) is 11.5. The van der Waals surface area contributed by atoms with Gasteiger partial charge in [-0.05, 0) is 25.1 Å². The van der Waals surface area contributed by atoms with Crippen LogP contribution in [0.1, 0.15) is 11.3 Å². The number of furan rings is 1. The van der Waals surface area contributed by atoms with Gasteiger partial charge in [0.15, 0.2) is 5.84 Å². The van der Waals surface area contributed by atoms with Crippen LogP contribution in [0.4, 0.5) is 5.69 Å². The highest BCUT2D eigenvalue weighted by Gasteiger charge is 2.07. The van der Waals surface area contributed by atoms with E-state index in [-0.39, 0.29) is 0 Å². The lowest BCUT2D eigenvalue weighted by atomic mass is 10.2. The summed E-state index contributed by atoms with van der Waals surface area (Å²) in [6, 6.07) is 11.4. The zero-order chi connectivity index (χ0) is 11.4. The van der Waals surface area contributed by atoms with Crippen molar-refractivity contribution in [1.29, 1.82) is 0 Å². The maximum atomic E-state index is 5.46. The van der Waals surface area contributed by atoms with Crippen molar-refractivity contribution in [3.63, 3.8) is 0 Å². The number of hydrazine groups is 1. The van der Waals surface area contributed by atoms with Crippen LogP contribution in [0.5, 0.6) is 0 Å². The fourth-order valence-corrected chi connectivity index (χ4v) is 1.43. The molecule has 0 saturated heterocycles. The van der Waals surface area contributed by atoms with Crippen molar-refractivity contribution in [3.8, 4) is 0 Å². The summed E-state index contributed by atoms with van der Waals surface area (Å²) >= 11 is 0. The number of aryl methyl sites for hydroxylation is 1. The van der Waals surface area contributed by atoms with Crippen molar-refractivity contribution < 1.29 is 4.42 Å². The molecule has 1 heterocycles. The van der Waals surface area contributed by atoms with Gasteiger partial charge in [0.25, 0.3) is 0 Å². The third kappa shape index (κ3) is 2.12. The number of hydrogen-bond acceptors (Lipinski definition) is 3. The van der Waals surface area contributed by atoms with Gasteiger partial charge in [0.2, 0.25) is 0 Å². The van der Waals surface area contributed by atoms with Crippen molar-refractivity contribution in [2.75, 3.05) is 0 Å². The van der Waals surface area contributed by atoms with Gasteiger partial charge in [-0.3, -0.25) is 0 Å². The predicted octanol–water partition coefficient (Wildman–Crippen LogP) is 2.13. The van der Waals surface area contributed by atoms with Crippen LogP contribution in [0.25, 0.3) is 0 Å². The van der Waals surface area contributed by atoms with Gasteiger partial charge in [-0.1, -0.05) is 18.2 Å². The predicted molar refractivity (Wildman–Crippen MR) is 63.4 cm³/mol. The molecule has 2 rings (SSSR count). The first-order valence-corrected chi connectivity index (χ1v) is 4.96. The Bertz CT molecular complexity index is 488. The molecule has 4 nitrogen and oxygen atoms in total. The number of amidine groups is 1. The van der Waals surface area contributed by atoms with Crippen molar-refractivity contribution in [2.45, 2.75) is 6.92 Å². The van der Waals surface area contributed by atoms with Crippen molar-refractivity contribution in [1.82, 2.24) is 5.43 Å². The first kappa shape index (κ1) is 10.4. The Labute approximate surface area is 93.8 Å². The highest BCUT2D eigenvalue weighted by atomic mass is 16.3. The summed E-state index contributed by atoms with van der Waals surface area (Å²) in [5.74, 6) is 6.84. The fraction of sp³-hybridized carbons (Fsp3) is 0.0833. The molecule has 2 aromatic rings. The van der Waals surface area contributed by atoms with E-state index in [0.29, 0.717) is 5.84 Å². The molecular weight excluding hydrogens is 202 g/mol. The fourth-order valence-electron chi connectivity index (χ4n) is 1.43. The number of benzene rings is 1. The van der Waals surface area contributed by atoms with Crippen LogP contribution in [0, 0.1) is 6.92 Å². The van der Waals surface area contributed by atoms with Crippen LogP contribution < -0.4 is 11.3 Å². The molecule has 4 heteroatoms. The second kappa shape index (κ2) is 4.63. The SMILES string of the molecule is Cc1occc1C(=Nc1ccccc1)NN. The Morgan fingerprint density at radius 3 is 2.56 bits per heavy atom. The minimum Gasteiger partial charge on any atom is -0.469 e. The van der Waals surface area contributed by atoms with E-state index < -0.39 is 0 Å². The summed E-state index contributed by atoms with van der Waals surface area (Å²) in [4.78, 5) is 4.40. The van der Waals surface area contributed by atoms with Crippen molar-refractivity contribution in [3.05, 3.63) is 54.0 Å². The molecule has 1 aromatic heterocycles. The average Bonchev–Trinajstić information content (AvgIpc) is 2.74. The first-order chi connectivity index (χ1) is 7.81. The van der Waals surface area contributed by atoms with Gasteiger partial charge in [-0.2, -0.15) is 0 Å². The first-order valence-electron chi connectivity index (χ1n) is 4.96. The Balaban J connectivity index is 2.37. The quantitative estimate of drug-likeness (QED) is 0.349. The molecule has 0 spiro atoms. The molecule has 0 bridgehead atoms. The average molecular weight is 215 g/mol. The monoisotopic (exact) mass is 215 g/mol. The van der Waals surface area contributed by atoms with E-state index in [4.69, 9.17) is 10.3 Å². The maximum Gasteiger partial charge on any atom is 0.151 e. The van der Waals surface area contributed by atoms with Crippen LogP contribution in [-0.4, -0.2) is 5.84 Å². The van der Waals surface area contributed by atoms with Crippen LogP contribution in [0.15, 0.2) is 52.1 Å². The molecule has 3 N–H and O–H groups in total. The van der Waals surface area contributed by atoms with Crippen LogP contribution in [0.3, 0.4) is 0 Å². The Morgan fingerprint density at radius 2 is 2.00 bits per heavy atom. The van der Waals surface area contributed by atoms with E-state index in [0.717, 1.165) is 17.0 Å². The van der Waals surface area contributed by atoms with E-state index in [2.05, 4.69) is 10.4 Å². The molecule has 0 fully saturated rings. The highest BCUT2D eigenvalue weighted by Crippen LogP contribution is 2.14. The number of rotatable bonds is 2. The zero-order valence-corrected chi connectivity index (χ0v) is 8.97. The van der Waals surface area contributed by atoms with Gasteiger partial charge in [0, 0.05) is 0 Å². The molecule has 82 valence electrons. The summed E-state index contributed by atoms with van der Waals surface area (Å²) in [6.07, 6.45) is 1.61. The van der Waals surface area contributed by atoms with Crippen LogP contribution >= 0.6 is 0 Å². The lowest BCUT2D eigenvalue weighted by molar-refractivity contribution is 0.533. The summed E-state index contributed by atoms with van der Waals surface area (Å²) in [7, 11) is 0. The summed E-state index contributed by atoms with van der Waals surface area (Å²) in [5, 5.41) is 0. The number of hydrogen-bond donors (Lipinski definition) is 2. The third-order valence-corrected chi connectivity index (χ3v) is 2.25. The standard InChI is InChI=1S/C12H13N3O/c1-9-11(7-8-16-9)12(15-13)14-10-5-3-2-4-6-10/h2-8H,13H2,1H3,(H,14,15). The number of nitrogens with zero attached hydrogens (tertiary/aromatic N) is 1. The summed E-state index contributed by atoms with van der Waals surface area (Å²) < 4.78 is 5.21. The van der Waals surface area contributed by atoms with E-state index in [1.165, 1.54) is 0 Å². The third-order valence-electron chi connectivity index (χ3n) is 2.25. The van der Waals surface area contributed by atoms with Gasteiger partial charge < -0.3 is 9.84 Å². The molecule has 0 aliphatic rings. The molecule has 0 atom stereocenters. The molecule has 0 aliphatic heterocycles. The van der Waals surface area contributed by atoms with E-state index in [1.54, 1.807) is 6.26 Å². The second-order valence-corrected chi connectivity index (χ2v) is 3.33. The lowest BCUT2D eigenvalue weighted by Gasteiger charge is -2.03. The Morgan fingerprint density at radius 1 is 1.25 bits per heavy atom. The minimum atomic E-state index is 0.595. The molecule has 16 heavy (non-hydrogen) atoms. The Hall–Kier alpha value is -2.07. The van der Waals surface area contributed by atoms with Crippen molar-refractivity contribution in [2.24, 2.45) is 10.8 Å². The van der Waals surface area contributed by atoms with Crippen LogP contribution in [-0.2, 0) is 0 Å². The largest absolute Gasteiger partial charge is 0.469 e. The summed E-state index contributed by atoms with van der Waals surface area (Å²) in [6.45, 7) is 1.87. The molecule has 0 aliphatic carbocycles. The van der Waals surface area contributed by atoms with Gasteiger partial charge >= 0.3 is 0 Å². The molecular formula is C12H13N3O.